The summed E-state index contributed by atoms with van der Waals surface area (Å²) in [5.74, 6) is -0.445. The monoisotopic (exact) mass is 450 g/mol. The van der Waals surface area contributed by atoms with E-state index in [1.807, 2.05) is 0 Å². The van der Waals surface area contributed by atoms with Gasteiger partial charge in [-0.15, -0.1) is 0 Å². The second-order valence-electron chi connectivity index (χ2n) is 5.43. The fourth-order valence-electron chi connectivity index (χ4n) is 2.21. The van der Waals surface area contributed by atoms with Gasteiger partial charge in [0.2, 0.25) is 15.9 Å². The average molecular weight is 452 g/mol. The SMILES string of the molecule is CCOc1ccc(Cl)cc1S(=O)(=O)N(C)CC(=O)Nc1c(Cl)cccc1Cl. The summed E-state index contributed by atoms with van der Waals surface area (Å²) in [4.78, 5) is 12.2. The van der Waals surface area contributed by atoms with Gasteiger partial charge in [-0.05, 0) is 37.3 Å². The fraction of sp³-hybridized carbons (Fsp3) is 0.235. The number of benzene rings is 2. The van der Waals surface area contributed by atoms with E-state index in [1.54, 1.807) is 25.1 Å². The van der Waals surface area contributed by atoms with Crippen molar-refractivity contribution in [2.75, 3.05) is 25.5 Å². The van der Waals surface area contributed by atoms with Gasteiger partial charge in [-0.1, -0.05) is 40.9 Å². The highest BCUT2D eigenvalue weighted by Crippen LogP contribution is 2.31. The molecule has 0 saturated heterocycles. The first kappa shape index (κ1) is 21.8. The summed E-state index contributed by atoms with van der Waals surface area (Å²) < 4.78 is 32.0. The van der Waals surface area contributed by atoms with Crippen LogP contribution < -0.4 is 10.1 Å². The lowest BCUT2D eigenvalue weighted by Crippen LogP contribution is -2.35. The molecular weight excluding hydrogens is 435 g/mol. The number of sulfonamides is 1. The first-order chi connectivity index (χ1) is 12.7. The predicted octanol–water partition coefficient (Wildman–Crippen LogP) is 4.30. The zero-order valence-electron chi connectivity index (χ0n) is 14.5. The minimum absolute atomic E-state index is 0.122. The van der Waals surface area contributed by atoms with Crippen molar-refractivity contribution in [3.63, 3.8) is 0 Å². The van der Waals surface area contributed by atoms with Crippen LogP contribution in [-0.2, 0) is 14.8 Å². The normalized spacial score (nSPS) is 11.5. The molecule has 2 rings (SSSR count). The van der Waals surface area contributed by atoms with Gasteiger partial charge in [0.15, 0.2) is 0 Å². The summed E-state index contributed by atoms with van der Waals surface area (Å²) in [5.41, 5.74) is 0.217. The molecule has 2 aromatic carbocycles. The molecule has 2 aromatic rings. The van der Waals surface area contributed by atoms with Crippen LogP contribution in [0.5, 0.6) is 5.75 Å². The topological polar surface area (TPSA) is 75.7 Å². The molecule has 0 bridgehead atoms. The summed E-state index contributed by atoms with van der Waals surface area (Å²) in [7, 11) is -2.75. The Balaban J connectivity index is 2.23. The third kappa shape index (κ3) is 5.27. The van der Waals surface area contributed by atoms with E-state index in [-0.39, 0.29) is 38.0 Å². The lowest BCUT2D eigenvalue weighted by molar-refractivity contribution is -0.116. The number of para-hydroxylation sites is 1. The number of likely N-dealkylation sites (N-methyl/N-ethyl adjacent to an activating group) is 1. The van der Waals surface area contributed by atoms with E-state index in [0.29, 0.717) is 0 Å². The molecule has 0 saturated carbocycles. The summed E-state index contributed by atoms with van der Waals surface area (Å²) in [6.07, 6.45) is 0. The van der Waals surface area contributed by atoms with E-state index in [9.17, 15) is 13.2 Å². The third-order valence-electron chi connectivity index (χ3n) is 3.49. The van der Waals surface area contributed by atoms with Crippen LogP contribution in [0, 0.1) is 0 Å². The lowest BCUT2D eigenvalue weighted by Gasteiger charge is -2.19. The molecule has 6 nitrogen and oxygen atoms in total. The van der Waals surface area contributed by atoms with Crippen molar-refractivity contribution in [1.29, 1.82) is 0 Å². The molecule has 1 amide bonds. The molecule has 0 spiro atoms. The van der Waals surface area contributed by atoms with Gasteiger partial charge in [-0.25, -0.2) is 8.42 Å². The average Bonchev–Trinajstić information content (AvgIpc) is 2.60. The summed E-state index contributed by atoms with van der Waals surface area (Å²) in [6, 6.07) is 9.02. The Bertz CT molecular complexity index is 931. The molecule has 0 heterocycles. The van der Waals surface area contributed by atoms with Gasteiger partial charge in [-0.2, -0.15) is 4.31 Å². The Kier molecular flexibility index (Phi) is 7.36. The maximum Gasteiger partial charge on any atom is 0.247 e. The van der Waals surface area contributed by atoms with Crippen LogP contribution in [-0.4, -0.2) is 38.8 Å². The second-order valence-corrected chi connectivity index (χ2v) is 8.69. The van der Waals surface area contributed by atoms with E-state index >= 15 is 0 Å². The van der Waals surface area contributed by atoms with E-state index in [2.05, 4.69) is 5.32 Å². The minimum Gasteiger partial charge on any atom is -0.492 e. The number of nitrogens with zero attached hydrogens (tertiary/aromatic N) is 1. The molecule has 1 N–H and O–H groups in total. The molecule has 146 valence electrons. The van der Waals surface area contributed by atoms with Gasteiger partial charge in [0, 0.05) is 12.1 Å². The maximum absolute atomic E-state index is 12.9. The van der Waals surface area contributed by atoms with Crippen molar-refractivity contribution < 1.29 is 17.9 Å². The van der Waals surface area contributed by atoms with Crippen molar-refractivity contribution >= 4 is 56.4 Å². The third-order valence-corrected chi connectivity index (χ3v) is 6.18. The Morgan fingerprint density at radius 2 is 1.78 bits per heavy atom. The van der Waals surface area contributed by atoms with Crippen molar-refractivity contribution in [1.82, 2.24) is 4.31 Å². The van der Waals surface area contributed by atoms with Crippen LogP contribution >= 0.6 is 34.8 Å². The standard InChI is InChI=1S/C17H17Cl3N2O4S/c1-3-26-14-8-7-11(18)9-15(14)27(24,25)22(2)10-16(23)21-17-12(19)5-4-6-13(17)20/h4-9H,3,10H2,1-2H3,(H,21,23). The number of halogens is 3. The van der Waals surface area contributed by atoms with E-state index < -0.39 is 22.5 Å². The second kappa shape index (κ2) is 9.12. The zero-order valence-corrected chi connectivity index (χ0v) is 17.6. The highest BCUT2D eigenvalue weighted by atomic mass is 35.5. The molecule has 0 unspecified atom stereocenters. The minimum atomic E-state index is -4.02. The van der Waals surface area contributed by atoms with Gasteiger partial charge < -0.3 is 10.1 Å². The van der Waals surface area contributed by atoms with Crippen molar-refractivity contribution in [2.24, 2.45) is 0 Å². The molecule has 0 aromatic heterocycles. The molecule has 0 aliphatic heterocycles. The lowest BCUT2D eigenvalue weighted by atomic mass is 10.3. The number of carbonyl (C=O) groups excluding carboxylic acids is 1. The smallest absolute Gasteiger partial charge is 0.247 e. The van der Waals surface area contributed by atoms with E-state index in [0.717, 1.165) is 4.31 Å². The van der Waals surface area contributed by atoms with Crippen LogP contribution in [0.15, 0.2) is 41.3 Å². The van der Waals surface area contributed by atoms with E-state index in [1.165, 1.54) is 25.2 Å². The largest absolute Gasteiger partial charge is 0.492 e. The Morgan fingerprint density at radius 3 is 2.37 bits per heavy atom. The van der Waals surface area contributed by atoms with Gasteiger partial charge in [0.05, 0.1) is 28.9 Å². The van der Waals surface area contributed by atoms with Gasteiger partial charge in [-0.3, -0.25) is 4.79 Å². The number of carbonyl (C=O) groups is 1. The van der Waals surface area contributed by atoms with Crippen LogP contribution in [0.3, 0.4) is 0 Å². The Hall–Kier alpha value is -1.51. The number of amides is 1. The van der Waals surface area contributed by atoms with Crippen molar-refractivity contribution in [2.45, 2.75) is 11.8 Å². The first-order valence-corrected chi connectivity index (χ1v) is 10.4. The van der Waals surface area contributed by atoms with Crippen LogP contribution in [0.25, 0.3) is 0 Å². The Morgan fingerprint density at radius 1 is 1.15 bits per heavy atom. The number of hydrogen-bond donors (Lipinski definition) is 1. The van der Waals surface area contributed by atoms with Gasteiger partial charge in [0.1, 0.15) is 10.6 Å². The fourth-order valence-corrected chi connectivity index (χ4v) is 4.22. The number of rotatable bonds is 7. The maximum atomic E-state index is 12.9. The molecular formula is C17H17Cl3N2O4S. The molecule has 27 heavy (non-hydrogen) atoms. The highest BCUT2D eigenvalue weighted by molar-refractivity contribution is 7.89. The van der Waals surface area contributed by atoms with Crippen LogP contribution in [0.4, 0.5) is 5.69 Å². The predicted molar refractivity (Wildman–Crippen MR) is 108 cm³/mol. The molecule has 0 atom stereocenters. The number of anilines is 1. The van der Waals surface area contributed by atoms with Crippen molar-refractivity contribution in [3.05, 3.63) is 51.5 Å². The summed E-state index contributed by atoms with van der Waals surface area (Å²) >= 11 is 17.9. The number of ether oxygens (including phenoxy) is 1. The molecule has 0 fully saturated rings. The van der Waals surface area contributed by atoms with E-state index in [4.69, 9.17) is 39.5 Å². The first-order valence-electron chi connectivity index (χ1n) is 7.79. The zero-order chi connectivity index (χ0) is 20.2. The number of nitrogens with one attached hydrogen (secondary N) is 1. The molecule has 0 radical (unpaired) electrons. The number of hydrogen-bond acceptors (Lipinski definition) is 4. The van der Waals surface area contributed by atoms with Gasteiger partial charge >= 0.3 is 0 Å². The van der Waals surface area contributed by atoms with Crippen LogP contribution in [0.2, 0.25) is 15.1 Å². The summed E-state index contributed by atoms with van der Waals surface area (Å²) in [5, 5.41) is 3.24. The molecule has 0 aliphatic carbocycles. The van der Waals surface area contributed by atoms with Gasteiger partial charge in [0.25, 0.3) is 0 Å². The quantitative estimate of drug-likeness (QED) is 0.681. The van der Waals surface area contributed by atoms with Crippen LogP contribution in [0.1, 0.15) is 6.92 Å². The highest BCUT2D eigenvalue weighted by Gasteiger charge is 2.27. The summed E-state index contributed by atoms with van der Waals surface area (Å²) in [6.45, 7) is 1.55. The van der Waals surface area contributed by atoms with Crippen molar-refractivity contribution in [3.8, 4) is 5.75 Å². The molecule has 10 heteroatoms. The molecule has 0 aliphatic rings. The Labute approximate surface area is 173 Å².